The van der Waals surface area contributed by atoms with E-state index in [1.807, 2.05) is 13.8 Å². The molecule has 1 aliphatic rings. The first-order valence-electron chi connectivity index (χ1n) is 7.36. The number of nitrogens with zero attached hydrogens (tertiary/aromatic N) is 1. The Hall–Kier alpha value is -1.21. The summed E-state index contributed by atoms with van der Waals surface area (Å²) in [6.45, 7) is 3.76. The van der Waals surface area contributed by atoms with Crippen molar-refractivity contribution in [3.63, 3.8) is 0 Å². The average molecular weight is 347 g/mol. The fourth-order valence-electron chi connectivity index (χ4n) is 2.57. The Morgan fingerprint density at radius 3 is 2.57 bits per heavy atom. The van der Waals surface area contributed by atoms with E-state index in [2.05, 4.69) is 18.2 Å². The number of aryl methyl sites for hydroxylation is 2. The monoisotopic (exact) mass is 347 g/mol. The molecule has 1 atom stereocenters. The van der Waals surface area contributed by atoms with Crippen LogP contribution >= 0.6 is 11.8 Å². The van der Waals surface area contributed by atoms with Gasteiger partial charge in [-0.3, -0.25) is 4.79 Å². The van der Waals surface area contributed by atoms with Crippen molar-refractivity contribution >= 4 is 17.7 Å². The third-order valence-electron chi connectivity index (χ3n) is 3.56. The van der Waals surface area contributed by atoms with Crippen molar-refractivity contribution in [1.82, 2.24) is 4.90 Å². The summed E-state index contributed by atoms with van der Waals surface area (Å²) < 4.78 is 42.7. The van der Waals surface area contributed by atoms with Gasteiger partial charge in [0.2, 0.25) is 5.91 Å². The molecule has 1 aromatic carbocycles. The highest BCUT2D eigenvalue weighted by Crippen LogP contribution is 2.26. The molecular formula is C16H20F3NO2S. The molecular weight excluding hydrogens is 327 g/mol. The molecule has 0 radical (unpaired) electrons. The van der Waals surface area contributed by atoms with Crippen molar-refractivity contribution in [2.24, 2.45) is 0 Å². The normalized spacial score (nSPS) is 19.0. The van der Waals surface area contributed by atoms with Crippen molar-refractivity contribution < 1.29 is 22.7 Å². The number of carbonyl (C=O) groups excluding carboxylic acids is 1. The van der Waals surface area contributed by atoms with Gasteiger partial charge >= 0.3 is 6.18 Å². The predicted molar refractivity (Wildman–Crippen MR) is 84.5 cm³/mol. The van der Waals surface area contributed by atoms with Crippen LogP contribution in [0.5, 0.6) is 0 Å². The summed E-state index contributed by atoms with van der Waals surface area (Å²) in [5.41, 5.74) is 3.44. The number of amides is 1. The van der Waals surface area contributed by atoms with Crippen molar-refractivity contribution in [2.45, 2.75) is 31.9 Å². The minimum Gasteiger partial charge on any atom is -0.365 e. The number of morpholine rings is 1. The van der Waals surface area contributed by atoms with Gasteiger partial charge in [-0.25, -0.2) is 0 Å². The van der Waals surface area contributed by atoms with Gasteiger partial charge in [0, 0.05) is 12.3 Å². The highest BCUT2D eigenvalue weighted by molar-refractivity contribution is 7.99. The Labute approximate surface area is 138 Å². The number of benzene rings is 1. The molecule has 23 heavy (non-hydrogen) atoms. The van der Waals surface area contributed by atoms with Gasteiger partial charge < -0.3 is 9.64 Å². The second kappa shape index (κ2) is 7.57. The summed E-state index contributed by atoms with van der Waals surface area (Å²) in [5.74, 6) is 0.579. The number of hydrogen-bond acceptors (Lipinski definition) is 3. The molecule has 2 rings (SSSR count). The molecule has 0 saturated carbocycles. The Bertz CT molecular complexity index is 542. The molecule has 0 N–H and O–H groups in total. The van der Waals surface area contributed by atoms with Crippen LogP contribution in [0.4, 0.5) is 13.2 Å². The van der Waals surface area contributed by atoms with E-state index in [0.717, 1.165) is 16.7 Å². The molecule has 128 valence electrons. The quantitative estimate of drug-likeness (QED) is 0.837. The van der Waals surface area contributed by atoms with E-state index in [-0.39, 0.29) is 24.8 Å². The second-order valence-corrected chi connectivity index (χ2v) is 6.72. The Kier molecular flexibility index (Phi) is 5.97. The largest absolute Gasteiger partial charge is 0.416 e. The molecule has 1 heterocycles. The molecule has 0 aliphatic carbocycles. The van der Waals surface area contributed by atoms with E-state index >= 15 is 0 Å². The van der Waals surface area contributed by atoms with Crippen LogP contribution in [0, 0.1) is 13.8 Å². The number of carbonyl (C=O) groups is 1. The van der Waals surface area contributed by atoms with Gasteiger partial charge in [-0.15, -0.1) is 11.8 Å². The SMILES string of the molecule is Cc1cc(C)cc(CSCC(=O)N2CCO[C@@H](C(F)(F)F)C2)c1. The lowest BCUT2D eigenvalue weighted by molar-refractivity contribution is -0.236. The third-order valence-corrected chi connectivity index (χ3v) is 4.55. The molecule has 7 heteroatoms. The summed E-state index contributed by atoms with van der Waals surface area (Å²) in [6, 6.07) is 6.18. The molecule has 1 amide bonds. The fourth-order valence-corrected chi connectivity index (χ4v) is 3.44. The molecule has 0 spiro atoms. The highest BCUT2D eigenvalue weighted by atomic mass is 32.2. The molecule has 1 fully saturated rings. The van der Waals surface area contributed by atoms with Crippen LogP contribution in [0.25, 0.3) is 0 Å². The molecule has 1 aliphatic heterocycles. The maximum absolute atomic E-state index is 12.7. The lowest BCUT2D eigenvalue weighted by Crippen LogP contribution is -2.51. The maximum atomic E-state index is 12.7. The first-order chi connectivity index (χ1) is 10.8. The Balaban J connectivity index is 1.82. The van der Waals surface area contributed by atoms with E-state index < -0.39 is 18.8 Å². The van der Waals surface area contributed by atoms with Gasteiger partial charge in [0.05, 0.1) is 18.9 Å². The predicted octanol–water partition coefficient (Wildman–Crippen LogP) is 3.33. The summed E-state index contributed by atoms with van der Waals surface area (Å²) in [7, 11) is 0. The fraction of sp³-hybridized carbons (Fsp3) is 0.562. The van der Waals surface area contributed by atoms with Crippen LogP contribution < -0.4 is 0 Å². The zero-order valence-electron chi connectivity index (χ0n) is 13.2. The minimum atomic E-state index is -4.43. The lowest BCUT2D eigenvalue weighted by atomic mass is 10.1. The third kappa shape index (κ3) is 5.42. The minimum absolute atomic E-state index is 0.0718. The number of halogens is 3. The van der Waals surface area contributed by atoms with Crippen molar-refractivity contribution in [1.29, 1.82) is 0 Å². The van der Waals surface area contributed by atoms with Crippen LogP contribution in [0.2, 0.25) is 0 Å². The van der Waals surface area contributed by atoms with Gasteiger partial charge in [-0.2, -0.15) is 13.2 Å². The maximum Gasteiger partial charge on any atom is 0.416 e. The van der Waals surface area contributed by atoms with Gasteiger partial charge in [-0.1, -0.05) is 29.3 Å². The number of rotatable bonds is 4. The van der Waals surface area contributed by atoms with E-state index in [0.29, 0.717) is 5.75 Å². The standard InChI is InChI=1S/C16H20F3NO2S/c1-11-5-12(2)7-13(6-11)9-23-10-15(21)20-3-4-22-14(8-20)16(17,18)19/h5-7,14H,3-4,8-10H2,1-2H3/t14-/m1/s1. The molecule has 1 aromatic rings. The van der Waals surface area contributed by atoms with Crippen molar-refractivity contribution in [3.05, 3.63) is 34.9 Å². The lowest BCUT2D eigenvalue weighted by Gasteiger charge is -2.33. The van der Waals surface area contributed by atoms with Gasteiger partial charge in [0.25, 0.3) is 0 Å². The van der Waals surface area contributed by atoms with Gasteiger partial charge in [0.15, 0.2) is 6.10 Å². The Morgan fingerprint density at radius 2 is 1.96 bits per heavy atom. The van der Waals surface area contributed by atoms with Crippen LogP contribution in [0.3, 0.4) is 0 Å². The molecule has 1 saturated heterocycles. The number of ether oxygens (including phenoxy) is 1. The van der Waals surface area contributed by atoms with Crippen LogP contribution in [0.1, 0.15) is 16.7 Å². The summed E-state index contributed by atoms with van der Waals surface area (Å²) in [4.78, 5) is 13.3. The molecule has 0 aromatic heterocycles. The molecule has 0 unspecified atom stereocenters. The molecule has 0 bridgehead atoms. The van der Waals surface area contributed by atoms with E-state index in [1.165, 1.54) is 16.7 Å². The zero-order chi connectivity index (χ0) is 17.0. The van der Waals surface area contributed by atoms with Crippen LogP contribution in [0.15, 0.2) is 18.2 Å². The van der Waals surface area contributed by atoms with Crippen molar-refractivity contribution in [2.75, 3.05) is 25.4 Å². The highest BCUT2D eigenvalue weighted by Gasteiger charge is 2.44. The van der Waals surface area contributed by atoms with Gasteiger partial charge in [-0.05, 0) is 19.4 Å². The van der Waals surface area contributed by atoms with E-state index in [4.69, 9.17) is 4.74 Å². The summed E-state index contributed by atoms with van der Waals surface area (Å²) >= 11 is 1.42. The number of thioether (sulfide) groups is 1. The van der Waals surface area contributed by atoms with Crippen molar-refractivity contribution in [3.8, 4) is 0 Å². The van der Waals surface area contributed by atoms with Crippen LogP contribution in [-0.2, 0) is 15.3 Å². The van der Waals surface area contributed by atoms with Crippen LogP contribution in [-0.4, -0.2) is 48.5 Å². The Morgan fingerprint density at radius 1 is 1.30 bits per heavy atom. The zero-order valence-corrected chi connectivity index (χ0v) is 14.0. The summed E-state index contributed by atoms with van der Waals surface area (Å²) in [5, 5.41) is 0. The number of hydrogen-bond donors (Lipinski definition) is 0. The number of alkyl halides is 3. The average Bonchev–Trinajstić information content (AvgIpc) is 2.45. The second-order valence-electron chi connectivity index (χ2n) is 5.73. The molecule has 3 nitrogen and oxygen atoms in total. The van der Waals surface area contributed by atoms with Gasteiger partial charge in [0.1, 0.15) is 0 Å². The first kappa shape index (κ1) is 18.1. The smallest absolute Gasteiger partial charge is 0.365 e. The van der Waals surface area contributed by atoms with E-state index in [9.17, 15) is 18.0 Å². The topological polar surface area (TPSA) is 29.5 Å². The van der Waals surface area contributed by atoms with E-state index in [1.54, 1.807) is 0 Å². The first-order valence-corrected chi connectivity index (χ1v) is 8.52. The summed E-state index contributed by atoms with van der Waals surface area (Å²) in [6.07, 6.45) is -6.30.